The van der Waals surface area contributed by atoms with Crippen LogP contribution in [0, 0.1) is 0 Å². The van der Waals surface area contributed by atoms with Crippen molar-refractivity contribution in [3.05, 3.63) is 57.0 Å². The first kappa shape index (κ1) is 18.1. The van der Waals surface area contributed by atoms with E-state index in [4.69, 9.17) is 21.1 Å². The maximum Gasteiger partial charge on any atom is 0.175 e. The first-order valence-electron chi connectivity index (χ1n) is 7.53. The van der Waals surface area contributed by atoms with E-state index in [1.165, 1.54) is 0 Å². The van der Waals surface area contributed by atoms with E-state index in [1.807, 2.05) is 37.3 Å². The third-order valence-electron chi connectivity index (χ3n) is 3.54. The van der Waals surface area contributed by atoms with Crippen LogP contribution in [0.4, 0.5) is 0 Å². The van der Waals surface area contributed by atoms with Gasteiger partial charge in [-0.25, -0.2) is 0 Å². The maximum atomic E-state index is 6.05. The molecule has 2 rings (SSSR count). The van der Waals surface area contributed by atoms with Crippen LogP contribution in [0.3, 0.4) is 0 Å². The average Bonchev–Trinajstić information content (AvgIpc) is 2.54. The van der Waals surface area contributed by atoms with Gasteiger partial charge in [0.25, 0.3) is 0 Å². The van der Waals surface area contributed by atoms with Crippen molar-refractivity contribution in [1.82, 2.24) is 5.32 Å². The number of ether oxygens (including phenoxy) is 2. The number of methoxy groups -OCH3 is 1. The van der Waals surface area contributed by atoms with E-state index in [-0.39, 0.29) is 6.04 Å². The minimum absolute atomic E-state index is 0.199. The number of rotatable bonds is 7. The van der Waals surface area contributed by atoms with Crippen molar-refractivity contribution < 1.29 is 9.47 Å². The number of hydrogen-bond acceptors (Lipinski definition) is 3. The Labute approximate surface area is 151 Å². The van der Waals surface area contributed by atoms with Gasteiger partial charge in [0.2, 0.25) is 0 Å². The lowest BCUT2D eigenvalue weighted by atomic mass is 10.1. The summed E-state index contributed by atoms with van der Waals surface area (Å²) in [7, 11) is 1.65. The topological polar surface area (TPSA) is 30.5 Å². The van der Waals surface area contributed by atoms with Gasteiger partial charge in [-0.1, -0.05) is 23.7 Å². The van der Waals surface area contributed by atoms with Gasteiger partial charge >= 0.3 is 0 Å². The van der Waals surface area contributed by atoms with Gasteiger partial charge in [0.15, 0.2) is 11.5 Å². The van der Waals surface area contributed by atoms with Crippen LogP contribution in [0.2, 0.25) is 5.02 Å². The van der Waals surface area contributed by atoms with Gasteiger partial charge in [0, 0.05) is 17.6 Å². The monoisotopic (exact) mass is 397 g/mol. The Balaban J connectivity index is 2.10. The molecular weight excluding hydrogens is 378 g/mol. The summed E-state index contributed by atoms with van der Waals surface area (Å²) in [6, 6.07) is 12.1. The highest BCUT2D eigenvalue weighted by atomic mass is 79.9. The third-order valence-corrected chi connectivity index (χ3v) is 4.36. The molecule has 0 saturated carbocycles. The van der Waals surface area contributed by atoms with E-state index in [0.29, 0.717) is 6.61 Å². The molecule has 0 aliphatic rings. The van der Waals surface area contributed by atoms with Crippen molar-refractivity contribution in [2.75, 3.05) is 13.7 Å². The molecule has 0 bridgehead atoms. The smallest absolute Gasteiger partial charge is 0.175 e. The van der Waals surface area contributed by atoms with Gasteiger partial charge in [0.05, 0.1) is 18.2 Å². The molecule has 0 saturated heterocycles. The summed E-state index contributed by atoms with van der Waals surface area (Å²) in [5, 5.41) is 4.25. The van der Waals surface area contributed by atoms with Gasteiger partial charge in [-0.3, -0.25) is 0 Å². The van der Waals surface area contributed by atoms with Gasteiger partial charge in [-0.15, -0.1) is 0 Å². The fourth-order valence-corrected chi connectivity index (χ4v) is 3.13. The summed E-state index contributed by atoms with van der Waals surface area (Å²) in [5.41, 5.74) is 2.28. The quantitative estimate of drug-likeness (QED) is 0.681. The summed E-state index contributed by atoms with van der Waals surface area (Å²) in [6.07, 6.45) is 0. The van der Waals surface area contributed by atoms with Crippen LogP contribution in [0.15, 0.2) is 40.9 Å². The summed E-state index contributed by atoms with van der Waals surface area (Å²) >= 11 is 9.60. The number of halogens is 2. The maximum absolute atomic E-state index is 6.05. The van der Waals surface area contributed by atoms with E-state index in [1.54, 1.807) is 7.11 Å². The second-order valence-electron chi connectivity index (χ2n) is 5.20. The van der Waals surface area contributed by atoms with E-state index < -0.39 is 0 Å². The minimum Gasteiger partial charge on any atom is -0.493 e. The lowest BCUT2D eigenvalue weighted by Crippen LogP contribution is -2.18. The fraction of sp³-hybridized carbons (Fsp3) is 0.333. The van der Waals surface area contributed by atoms with Gasteiger partial charge in [-0.05, 0) is 65.2 Å². The van der Waals surface area contributed by atoms with Crippen LogP contribution in [0.1, 0.15) is 31.0 Å². The van der Waals surface area contributed by atoms with E-state index in [0.717, 1.165) is 38.7 Å². The summed E-state index contributed by atoms with van der Waals surface area (Å²) in [5.74, 6) is 1.47. The Morgan fingerprint density at radius 2 is 2.04 bits per heavy atom. The van der Waals surface area contributed by atoms with Crippen LogP contribution in [0.5, 0.6) is 11.5 Å². The highest BCUT2D eigenvalue weighted by Crippen LogP contribution is 2.36. The first-order chi connectivity index (χ1) is 11.0. The molecule has 0 aliphatic heterocycles. The molecule has 2 aromatic rings. The van der Waals surface area contributed by atoms with Crippen LogP contribution < -0.4 is 14.8 Å². The average molecular weight is 399 g/mol. The molecule has 0 aromatic heterocycles. The van der Waals surface area contributed by atoms with E-state index >= 15 is 0 Å². The second kappa shape index (κ2) is 8.57. The summed E-state index contributed by atoms with van der Waals surface area (Å²) < 4.78 is 11.9. The van der Waals surface area contributed by atoms with Crippen LogP contribution in [0.25, 0.3) is 0 Å². The molecule has 0 heterocycles. The number of hydrogen-bond donors (Lipinski definition) is 1. The Morgan fingerprint density at radius 1 is 1.26 bits per heavy atom. The van der Waals surface area contributed by atoms with Crippen molar-refractivity contribution in [1.29, 1.82) is 0 Å². The van der Waals surface area contributed by atoms with Crippen LogP contribution in [-0.2, 0) is 6.54 Å². The SMILES string of the molecule is CCOc1c(Br)cc(CNC(C)c2cccc(Cl)c2)cc1OC. The highest BCUT2D eigenvalue weighted by Gasteiger charge is 2.12. The van der Waals surface area contributed by atoms with Crippen LogP contribution >= 0.6 is 27.5 Å². The largest absolute Gasteiger partial charge is 0.493 e. The lowest BCUT2D eigenvalue weighted by Gasteiger charge is -2.17. The molecule has 5 heteroatoms. The van der Waals surface area contributed by atoms with Crippen LogP contribution in [-0.4, -0.2) is 13.7 Å². The first-order valence-corrected chi connectivity index (χ1v) is 8.70. The Hall–Kier alpha value is -1.23. The highest BCUT2D eigenvalue weighted by molar-refractivity contribution is 9.10. The molecule has 1 unspecified atom stereocenters. The van der Waals surface area contributed by atoms with Crippen molar-refractivity contribution >= 4 is 27.5 Å². The second-order valence-corrected chi connectivity index (χ2v) is 6.49. The van der Waals surface area contributed by atoms with E-state index in [2.05, 4.69) is 34.2 Å². The molecule has 2 aromatic carbocycles. The molecule has 3 nitrogen and oxygen atoms in total. The summed E-state index contributed by atoms with van der Waals surface area (Å²) in [4.78, 5) is 0. The van der Waals surface area contributed by atoms with Gasteiger partial charge < -0.3 is 14.8 Å². The van der Waals surface area contributed by atoms with Crippen molar-refractivity contribution in [3.63, 3.8) is 0 Å². The van der Waals surface area contributed by atoms with Gasteiger partial charge in [-0.2, -0.15) is 0 Å². The molecule has 0 aliphatic carbocycles. The molecule has 0 fully saturated rings. The molecule has 0 amide bonds. The fourth-order valence-electron chi connectivity index (χ4n) is 2.32. The Bertz CT molecular complexity index is 663. The van der Waals surface area contributed by atoms with Crippen molar-refractivity contribution in [2.45, 2.75) is 26.4 Å². The van der Waals surface area contributed by atoms with Crippen molar-refractivity contribution in [3.8, 4) is 11.5 Å². The molecule has 124 valence electrons. The molecule has 0 radical (unpaired) electrons. The Morgan fingerprint density at radius 3 is 2.70 bits per heavy atom. The van der Waals surface area contributed by atoms with Crippen molar-refractivity contribution in [2.24, 2.45) is 0 Å². The van der Waals surface area contributed by atoms with E-state index in [9.17, 15) is 0 Å². The Kier molecular flexibility index (Phi) is 6.75. The summed E-state index contributed by atoms with van der Waals surface area (Å²) in [6.45, 7) is 5.38. The minimum atomic E-state index is 0.199. The molecule has 1 atom stereocenters. The lowest BCUT2D eigenvalue weighted by molar-refractivity contribution is 0.308. The zero-order valence-corrected chi connectivity index (χ0v) is 15.9. The molecule has 1 N–H and O–H groups in total. The molecule has 0 spiro atoms. The normalized spacial score (nSPS) is 12.0. The predicted octanol–water partition coefficient (Wildman–Crippen LogP) is 5.36. The number of nitrogens with one attached hydrogen (secondary N) is 1. The third kappa shape index (κ3) is 4.87. The zero-order chi connectivity index (χ0) is 16.8. The standard InChI is InChI=1S/C18H21BrClNO2/c1-4-23-18-16(19)8-13(9-17(18)22-3)11-21-12(2)14-6-5-7-15(20)10-14/h5-10,12,21H,4,11H2,1-3H3. The predicted molar refractivity (Wildman–Crippen MR) is 98.6 cm³/mol. The number of benzene rings is 2. The molecular formula is C18H21BrClNO2. The van der Waals surface area contributed by atoms with Gasteiger partial charge in [0.1, 0.15) is 0 Å². The zero-order valence-electron chi connectivity index (χ0n) is 13.5. The molecule has 23 heavy (non-hydrogen) atoms.